The summed E-state index contributed by atoms with van der Waals surface area (Å²) in [6.45, 7) is 1.78. The van der Waals surface area contributed by atoms with Crippen molar-refractivity contribution in [2.24, 2.45) is 0 Å². The average Bonchev–Trinajstić information content (AvgIpc) is 2.33. The predicted molar refractivity (Wildman–Crippen MR) is 64.8 cm³/mol. The van der Waals surface area contributed by atoms with Gasteiger partial charge in [0.15, 0.2) is 11.6 Å². The van der Waals surface area contributed by atoms with E-state index in [0.29, 0.717) is 6.42 Å². The van der Waals surface area contributed by atoms with Gasteiger partial charge in [-0.05, 0) is 18.6 Å². The summed E-state index contributed by atoms with van der Waals surface area (Å²) in [6, 6.07) is 1.05. The lowest BCUT2D eigenvalue weighted by atomic mass is 10.2. The Morgan fingerprint density at radius 3 is 2.53 bits per heavy atom. The van der Waals surface area contributed by atoms with E-state index in [1.807, 2.05) is 0 Å². The van der Waals surface area contributed by atoms with E-state index in [0.717, 1.165) is 12.1 Å². The Bertz CT molecular complexity index is 480. The Morgan fingerprint density at radius 1 is 1.32 bits per heavy atom. The Labute approximate surface area is 108 Å². The number of urea groups is 1. The maximum absolute atomic E-state index is 12.9. The molecule has 0 aliphatic heterocycles. The second-order valence-electron chi connectivity index (χ2n) is 3.91. The molecule has 0 fully saturated rings. The lowest BCUT2D eigenvalue weighted by molar-refractivity contribution is -0.139. The molecule has 3 N–H and O–H groups in total. The number of amides is 2. The zero-order valence-corrected chi connectivity index (χ0v) is 10.2. The number of benzene rings is 1. The Kier molecular flexibility index (Phi) is 5.23. The number of carbonyl (C=O) groups excluding carboxylic acids is 1. The first-order chi connectivity index (χ1) is 8.93. The Morgan fingerprint density at radius 2 is 2.00 bits per heavy atom. The molecular formula is C12H14F2N2O3. The van der Waals surface area contributed by atoms with Crippen molar-refractivity contribution in [3.05, 3.63) is 29.8 Å². The van der Waals surface area contributed by atoms with Crippen molar-refractivity contribution in [2.75, 3.05) is 5.32 Å². The number of anilines is 1. The highest BCUT2D eigenvalue weighted by molar-refractivity contribution is 5.92. The number of carboxylic acids is 1. The summed E-state index contributed by atoms with van der Waals surface area (Å²) in [6.07, 6.45) is 0.864. The molecule has 0 bridgehead atoms. The maximum Gasteiger partial charge on any atom is 0.326 e. The third kappa shape index (κ3) is 4.53. The van der Waals surface area contributed by atoms with Crippen LogP contribution in [0.4, 0.5) is 19.3 Å². The van der Waals surface area contributed by atoms with Gasteiger partial charge >= 0.3 is 12.0 Å². The van der Waals surface area contributed by atoms with Crippen LogP contribution in [0, 0.1) is 11.6 Å². The van der Waals surface area contributed by atoms with Crippen molar-refractivity contribution in [3.8, 4) is 0 Å². The van der Waals surface area contributed by atoms with Crippen LogP contribution in [0.25, 0.3) is 0 Å². The van der Waals surface area contributed by atoms with Crippen molar-refractivity contribution in [3.63, 3.8) is 0 Å². The van der Waals surface area contributed by atoms with Crippen molar-refractivity contribution in [1.29, 1.82) is 0 Å². The zero-order valence-electron chi connectivity index (χ0n) is 10.2. The van der Waals surface area contributed by atoms with E-state index < -0.39 is 29.7 Å². The lowest BCUT2D eigenvalue weighted by Gasteiger charge is -2.14. The standard InChI is InChI=1S/C12H14F2N2O3/c1-2-3-10(11(17)18)16-12(19)15-7-4-5-8(13)9(14)6-7/h4-6,10H,2-3H2,1H3,(H,17,18)(H2,15,16,19). The van der Waals surface area contributed by atoms with Gasteiger partial charge in [-0.3, -0.25) is 0 Å². The number of rotatable bonds is 5. The van der Waals surface area contributed by atoms with Crippen LogP contribution in [-0.2, 0) is 4.79 Å². The van der Waals surface area contributed by atoms with Crippen molar-refractivity contribution in [1.82, 2.24) is 5.32 Å². The van der Waals surface area contributed by atoms with Gasteiger partial charge in [0.1, 0.15) is 6.04 Å². The number of aliphatic carboxylic acids is 1. The SMILES string of the molecule is CCCC(NC(=O)Nc1ccc(F)c(F)c1)C(=O)O. The highest BCUT2D eigenvalue weighted by Crippen LogP contribution is 2.12. The summed E-state index contributed by atoms with van der Waals surface area (Å²) in [4.78, 5) is 22.3. The highest BCUT2D eigenvalue weighted by Gasteiger charge is 2.18. The summed E-state index contributed by atoms with van der Waals surface area (Å²) in [7, 11) is 0. The molecule has 0 aliphatic rings. The molecule has 5 nitrogen and oxygen atoms in total. The first-order valence-corrected chi connectivity index (χ1v) is 5.69. The van der Waals surface area contributed by atoms with Crippen LogP contribution in [-0.4, -0.2) is 23.1 Å². The number of hydrogen-bond acceptors (Lipinski definition) is 2. The molecule has 0 radical (unpaired) electrons. The molecule has 1 atom stereocenters. The molecule has 1 rings (SSSR count). The number of carboxylic acid groups (broad SMARTS) is 1. The fourth-order valence-electron chi connectivity index (χ4n) is 1.45. The monoisotopic (exact) mass is 272 g/mol. The summed E-state index contributed by atoms with van der Waals surface area (Å²) in [5, 5.41) is 13.3. The van der Waals surface area contributed by atoms with E-state index in [2.05, 4.69) is 10.6 Å². The topological polar surface area (TPSA) is 78.4 Å². The van der Waals surface area contributed by atoms with E-state index in [9.17, 15) is 18.4 Å². The first-order valence-electron chi connectivity index (χ1n) is 5.69. The second-order valence-corrected chi connectivity index (χ2v) is 3.91. The third-order valence-electron chi connectivity index (χ3n) is 2.36. The van der Waals surface area contributed by atoms with Crippen LogP contribution in [0.3, 0.4) is 0 Å². The number of nitrogens with one attached hydrogen (secondary N) is 2. The van der Waals surface area contributed by atoms with E-state index in [-0.39, 0.29) is 12.1 Å². The van der Waals surface area contributed by atoms with Gasteiger partial charge in [-0.1, -0.05) is 13.3 Å². The fraction of sp³-hybridized carbons (Fsp3) is 0.333. The normalized spacial score (nSPS) is 11.7. The molecule has 19 heavy (non-hydrogen) atoms. The molecule has 0 heterocycles. The lowest BCUT2D eigenvalue weighted by Crippen LogP contribution is -2.42. The van der Waals surface area contributed by atoms with E-state index >= 15 is 0 Å². The van der Waals surface area contributed by atoms with Crippen molar-refractivity contribution >= 4 is 17.7 Å². The fourth-order valence-corrected chi connectivity index (χ4v) is 1.45. The van der Waals surface area contributed by atoms with Crippen molar-refractivity contribution in [2.45, 2.75) is 25.8 Å². The van der Waals surface area contributed by atoms with Gasteiger partial charge < -0.3 is 15.7 Å². The largest absolute Gasteiger partial charge is 0.480 e. The van der Waals surface area contributed by atoms with Crippen LogP contribution in [0.15, 0.2) is 18.2 Å². The average molecular weight is 272 g/mol. The highest BCUT2D eigenvalue weighted by atomic mass is 19.2. The number of halogens is 2. The molecule has 0 saturated heterocycles. The second kappa shape index (κ2) is 6.67. The smallest absolute Gasteiger partial charge is 0.326 e. The molecule has 1 aromatic rings. The van der Waals surface area contributed by atoms with Gasteiger partial charge in [-0.25, -0.2) is 18.4 Å². The van der Waals surface area contributed by atoms with Gasteiger partial charge in [0.05, 0.1) is 0 Å². The van der Waals surface area contributed by atoms with E-state index in [1.165, 1.54) is 6.07 Å². The molecule has 0 aromatic heterocycles. The van der Waals surface area contributed by atoms with Crippen LogP contribution >= 0.6 is 0 Å². The molecule has 1 unspecified atom stereocenters. The van der Waals surface area contributed by atoms with Crippen LogP contribution in [0.1, 0.15) is 19.8 Å². The van der Waals surface area contributed by atoms with Crippen LogP contribution in [0.5, 0.6) is 0 Å². The van der Waals surface area contributed by atoms with Gasteiger partial charge in [0.2, 0.25) is 0 Å². The predicted octanol–water partition coefficient (Wildman–Crippen LogP) is 2.34. The molecule has 104 valence electrons. The quantitative estimate of drug-likeness (QED) is 0.769. The van der Waals surface area contributed by atoms with E-state index in [4.69, 9.17) is 5.11 Å². The van der Waals surface area contributed by atoms with Gasteiger partial charge in [0.25, 0.3) is 0 Å². The minimum atomic E-state index is -1.15. The molecule has 0 aliphatic carbocycles. The minimum absolute atomic E-state index is 0.0389. The summed E-state index contributed by atoms with van der Waals surface area (Å²) in [5.41, 5.74) is 0.0389. The minimum Gasteiger partial charge on any atom is -0.480 e. The van der Waals surface area contributed by atoms with Gasteiger partial charge in [-0.2, -0.15) is 0 Å². The molecule has 2 amide bonds. The van der Waals surface area contributed by atoms with Crippen LogP contribution < -0.4 is 10.6 Å². The molecular weight excluding hydrogens is 258 g/mol. The van der Waals surface area contributed by atoms with Gasteiger partial charge in [0, 0.05) is 11.8 Å². The van der Waals surface area contributed by atoms with Gasteiger partial charge in [-0.15, -0.1) is 0 Å². The summed E-state index contributed by atoms with van der Waals surface area (Å²) >= 11 is 0. The third-order valence-corrected chi connectivity index (χ3v) is 2.36. The van der Waals surface area contributed by atoms with Crippen molar-refractivity contribution < 1.29 is 23.5 Å². The van der Waals surface area contributed by atoms with Crippen LogP contribution in [0.2, 0.25) is 0 Å². The summed E-state index contributed by atoms with van der Waals surface area (Å²) in [5.74, 6) is -3.27. The maximum atomic E-state index is 12.9. The Balaban J connectivity index is 2.63. The number of hydrogen-bond donors (Lipinski definition) is 3. The molecule has 7 heteroatoms. The number of carbonyl (C=O) groups is 2. The van der Waals surface area contributed by atoms with E-state index in [1.54, 1.807) is 6.92 Å². The molecule has 1 aromatic carbocycles. The summed E-state index contributed by atoms with van der Waals surface area (Å²) < 4.78 is 25.6. The molecule has 0 spiro atoms. The zero-order chi connectivity index (χ0) is 14.4. The Hall–Kier alpha value is -2.18. The first kappa shape index (κ1) is 14.9. The molecule has 0 saturated carbocycles.